The van der Waals surface area contributed by atoms with E-state index in [1.54, 1.807) is 14.0 Å². The Morgan fingerprint density at radius 2 is 2.14 bits per heavy atom. The van der Waals surface area contributed by atoms with Gasteiger partial charge in [0.1, 0.15) is 6.61 Å². The van der Waals surface area contributed by atoms with Gasteiger partial charge in [0.05, 0.1) is 7.11 Å². The molecule has 1 aromatic carbocycles. The number of nitrogens with zero attached hydrogens (tertiary/aromatic N) is 1. The first-order valence-electron chi connectivity index (χ1n) is 6.91. The van der Waals surface area contributed by atoms with Crippen LogP contribution in [0.4, 0.5) is 0 Å². The predicted molar refractivity (Wildman–Crippen MR) is 82.7 cm³/mol. The van der Waals surface area contributed by atoms with E-state index >= 15 is 0 Å². The fourth-order valence-electron chi connectivity index (χ4n) is 2.17. The summed E-state index contributed by atoms with van der Waals surface area (Å²) in [6, 6.07) is 6.06. The second-order valence-corrected chi connectivity index (χ2v) is 5.70. The molecule has 4 nitrogen and oxygen atoms in total. The number of hydrogen-bond donors (Lipinski definition) is 0. The maximum absolute atomic E-state index is 11.7. The Bertz CT molecular complexity index is 540. The third-order valence-corrected chi connectivity index (χ3v) is 3.47. The lowest BCUT2D eigenvalue weighted by Gasteiger charge is -2.21. The van der Waals surface area contributed by atoms with E-state index in [0.717, 1.165) is 18.4 Å². The van der Waals surface area contributed by atoms with Crippen molar-refractivity contribution in [2.24, 2.45) is 0 Å². The smallest absolute Gasteiger partial charge is 0.219 e. The van der Waals surface area contributed by atoms with Gasteiger partial charge in [-0.2, -0.15) is 0 Å². The Kier molecular flexibility index (Phi) is 5.12. The van der Waals surface area contributed by atoms with Crippen LogP contribution in [0.25, 0.3) is 0 Å². The van der Waals surface area contributed by atoms with Gasteiger partial charge < -0.3 is 14.4 Å². The molecule has 114 valence electrons. The first-order valence-corrected chi connectivity index (χ1v) is 7.29. The molecule has 1 aromatic rings. The van der Waals surface area contributed by atoms with Gasteiger partial charge >= 0.3 is 0 Å². The topological polar surface area (TPSA) is 38.8 Å². The summed E-state index contributed by atoms with van der Waals surface area (Å²) in [7, 11) is 1.59. The van der Waals surface area contributed by atoms with Gasteiger partial charge in [-0.1, -0.05) is 24.2 Å². The van der Waals surface area contributed by atoms with Gasteiger partial charge in [0.15, 0.2) is 11.5 Å². The molecule has 0 radical (unpaired) electrons. The molecule has 0 bridgehead atoms. The summed E-state index contributed by atoms with van der Waals surface area (Å²) >= 11 is 5.73. The normalized spacial score (nSPS) is 13.7. The number of methoxy groups -OCH3 is 1. The summed E-state index contributed by atoms with van der Waals surface area (Å²) in [6.45, 7) is 6.01. The third kappa shape index (κ3) is 4.39. The van der Waals surface area contributed by atoms with Crippen molar-refractivity contribution in [1.29, 1.82) is 0 Å². The number of benzene rings is 1. The van der Waals surface area contributed by atoms with Gasteiger partial charge in [0.2, 0.25) is 5.91 Å². The molecule has 0 heterocycles. The Balaban J connectivity index is 2.13. The van der Waals surface area contributed by atoms with Gasteiger partial charge in [-0.05, 0) is 30.5 Å². The van der Waals surface area contributed by atoms with Crippen molar-refractivity contribution in [3.05, 3.63) is 35.4 Å². The van der Waals surface area contributed by atoms with Crippen LogP contribution in [-0.2, 0) is 11.3 Å². The van der Waals surface area contributed by atoms with E-state index in [1.807, 2.05) is 23.1 Å². The Morgan fingerprint density at radius 1 is 1.43 bits per heavy atom. The molecule has 0 spiro atoms. The fourth-order valence-corrected chi connectivity index (χ4v) is 2.22. The lowest BCUT2D eigenvalue weighted by molar-refractivity contribution is -0.130. The monoisotopic (exact) mass is 309 g/mol. The average Bonchev–Trinajstić information content (AvgIpc) is 3.26. The number of halogens is 1. The van der Waals surface area contributed by atoms with Gasteiger partial charge in [-0.25, -0.2) is 0 Å². The lowest BCUT2D eigenvalue weighted by atomic mass is 10.2. The van der Waals surface area contributed by atoms with Gasteiger partial charge in [-0.15, -0.1) is 0 Å². The van der Waals surface area contributed by atoms with Crippen molar-refractivity contribution in [3.63, 3.8) is 0 Å². The summed E-state index contributed by atoms with van der Waals surface area (Å²) < 4.78 is 10.9. The summed E-state index contributed by atoms with van der Waals surface area (Å²) in [4.78, 5) is 13.6. The zero-order chi connectivity index (χ0) is 15.4. The number of ether oxygens (including phenoxy) is 2. The third-order valence-electron chi connectivity index (χ3n) is 3.36. The molecule has 1 aliphatic carbocycles. The zero-order valence-electron chi connectivity index (χ0n) is 12.4. The SMILES string of the molecule is C=C(Cl)COc1cc(CN(C(C)=O)C2CC2)ccc1OC. The Morgan fingerprint density at radius 3 is 2.67 bits per heavy atom. The zero-order valence-corrected chi connectivity index (χ0v) is 13.2. The van der Waals surface area contributed by atoms with Gasteiger partial charge in [0.25, 0.3) is 0 Å². The van der Waals surface area contributed by atoms with Crippen molar-refractivity contribution in [2.75, 3.05) is 13.7 Å². The second kappa shape index (κ2) is 6.85. The summed E-state index contributed by atoms with van der Waals surface area (Å²) in [5, 5.41) is 0.422. The second-order valence-electron chi connectivity index (χ2n) is 5.17. The summed E-state index contributed by atoms with van der Waals surface area (Å²) in [6.07, 6.45) is 2.18. The van der Waals surface area contributed by atoms with Crippen molar-refractivity contribution in [2.45, 2.75) is 32.4 Å². The van der Waals surface area contributed by atoms with Crippen LogP contribution in [0.1, 0.15) is 25.3 Å². The van der Waals surface area contributed by atoms with Gasteiger partial charge in [-0.3, -0.25) is 4.79 Å². The summed E-state index contributed by atoms with van der Waals surface area (Å²) in [5.41, 5.74) is 1.01. The molecular formula is C16H20ClNO3. The highest BCUT2D eigenvalue weighted by molar-refractivity contribution is 6.29. The number of carbonyl (C=O) groups is 1. The minimum atomic E-state index is 0.102. The molecule has 21 heavy (non-hydrogen) atoms. The molecule has 0 atom stereocenters. The van der Waals surface area contributed by atoms with Crippen molar-refractivity contribution in [3.8, 4) is 11.5 Å². The Hall–Kier alpha value is -1.68. The van der Waals surface area contributed by atoms with Gasteiger partial charge in [0, 0.05) is 24.5 Å². The molecule has 0 unspecified atom stereocenters. The van der Waals surface area contributed by atoms with Crippen LogP contribution in [0.2, 0.25) is 0 Å². The molecule has 1 saturated carbocycles. The number of amides is 1. The average molecular weight is 310 g/mol. The Labute approximate surface area is 130 Å². The van der Waals surface area contributed by atoms with Crippen molar-refractivity contribution in [1.82, 2.24) is 4.90 Å². The van der Waals surface area contributed by atoms with Crippen molar-refractivity contribution >= 4 is 17.5 Å². The molecule has 0 N–H and O–H groups in total. The quantitative estimate of drug-likeness (QED) is 0.775. The van der Waals surface area contributed by atoms with Crippen LogP contribution < -0.4 is 9.47 Å². The number of carbonyl (C=O) groups excluding carboxylic acids is 1. The molecule has 0 saturated heterocycles. The maximum Gasteiger partial charge on any atom is 0.219 e. The largest absolute Gasteiger partial charge is 0.493 e. The number of hydrogen-bond acceptors (Lipinski definition) is 3. The van der Waals surface area contributed by atoms with Crippen LogP contribution in [0.3, 0.4) is 0 Å². The van der Waals surface area contributed by atoms with Crippen LogP contribution >= 0.6 is 11.6 Å². The van der Waals surface area contributed by atoms with Crippen LogP contribution in [0.15, 0.2) is 29.8 Å². The molecule has 1 aliphatic rings. The lowest BCUT2D eigenvalue weighted by Crippen LogP contribution is -2.30. The van der Waals surface area contributed by atoms with E-state index in [2.05, 4.69) is 6.58 Å². The number of rotatable bonds is 7. The minimum absolute atomic E-state index is 0.102. The van der Waals surface area contributed by atoms with E-state index in [9.17, 15) is 4.79 Å². The predicted octanol–water partition coefficient (Wildman–Crippen LogP) is 3.34. The standard InChI is InChI=1S/C16H20ClNO3/c1-11(17)10-21-16-8-13(4-7-15(16)20-3)9-18(12(2)19)14-5-6-14/h4,7-8,14H,1,5-6,9-10H2,2-3H3. The molecule has 0 aromatic heterocycles. The van der Waals surface area contributed by atoms with E-state index < -0.39 is 0 Å². The van der Waals surface area contributed by atoms with Crippen molar-refractivity contribution < 1.29 is 14.3 Å². The molecular weight excluding hydrogens is 290 g/mol. The van der Waals surface area contributed by atoms with E-state index in [1.165, 1.54) is 0 Å². The molecule has 1 fully saturated rings. The highest BCUT2D eigenvalue weighted by Gasteiger charge is 2.30. The van der Waals surface area contributed by atoms with E-state index in [0.29, 0.717) is 29.1 Å². The molecule has 5 heteroatoms. The van der Waals surface area contributed by atoms with Crippen LogP contribution in [-0.4, -0.2) is 30.6 Å². The first kappa shape index (κ1) is 15.7. The van der Waals surface area contributed by atoms with E-state index in [4.69, 9.17) is 21.1 Å². The fraction of sp³-hybridized carbons (Fsp3) is 0.438. The summed E-state index contributed by atoms with van der Waals surface area (Å²) in [5.74, 6) is 1.35. The highest BCUT2D eigenvalue weighted by Crippen LogP contribution is 2.32. The molecule has 1 amide bonds. The van der Waals surface area contributed by atoms with Crippen LogP contribution in [0, 0.1) is 0 Å². The molecule has 2 rings (SSSR count). The van der Waals surface area contributed by atoms with E-state index in [-0.39, 0.29) is 12.5 Å². The van der Waals surface area contributed by atoms with Crippen LogP contribution in [0.5, 0.6) is 11.5 Å². The molecule has 0 aliphatic heterocycles. The highest BCUT2D eigenvalue weighted by atomic mass is 35.5. The minimum Gasteiger partial charge on any atom is -0.493 e. The first-order chi connectivity index (χ1) is 10.0. The maximum atomic E-state index is 11.7.